The van der Waals surface area contributed by atoms with Crippen molar-refractivity contribution < 1.29 is 38.1 Å². The Morgan fingerprint density at radius 2 is 1.73 bits per heavy atom. The van der Waals surface area contributed by atoms with E-state index >= 15 is 0 Å². The van der Waals surface area contributed by atoms with E-state index in [0.717, 1.165) is 6.42 Å². The number of rotatable bonds is 5. The van der Waals surface area contributed by atoms with Crippen LogP contribution in [0.2, 0.25) is 0 Å². The van der Waals surface area contributed by atoms with Gasteiger partial charge in [0, 0.05) is 32.2 Å². The predicted octanol–water partition coefficient (Wildman–Crippen LogP) is 0.328. The maximum atomic E-state index is 13.3. The number of carbonyl (C=O) groups is 3. The maximum absolute atomic E-state index is 13.3. The minimum atomic E-state index is -1.31. The maximum Gasteiger partial charge on any atom is 0.312 e. The number of nitrogens with zero attached hydrogens (tertiary/aromatic N) is 4. The van der Waals surface area contributed by atoms with Gasteiger partial charge in [-0.15, -0.1) is 0 Å². The Morgan fingerprint density at radius 3 is 2.41 bits per heavy atom. The van der Waals surface area contributed by atoms with Crippen LogP contribution in [-0.2, 0) is 38.1 Å². The standard InChI is InChI=1S/C28H43N5O8/c1-25(2)38-19-16-37-28(22(21(19)39-25)40-26(3,4)41-28)17-31(6)23(35)24(36)32-12-9-27(5,10-13-32)30-15-20(34)33-11-7-8-18(33)14-29/h18-19,21-22,30H,7-13,15-17H2,1-6H3/t18-,19+,21+,22-,28-/m0/s1. The monoisotopic (exact) mass is 577 g/mol. The summed E-state index contributed by atoms with van der Waals surface area (Å²) >= 11 is 0. The smallest absolute Gasteiger partial charge is 0.312 e. The van der Waals surface area contributed by atoms with Crippen LogP contribution in [0.1, 0.15) is 60.3 Å². The summed E-state index contributed by atoms with van der Waals surface area (Å²) in [7, 11) is 1.56. The first-order chi connectivity index (χ1) is 19.2. The summed E-state index contributed by atoms with van der Waals surface area (Å²) in [6, 6.07) is 1.84. The van der Waals surface area contributed by atoms with E-state index in [1.807, 2.05) is 20.8 Å². The van der Waals surface area contributed by atoms with Crippen LogP contribution in [0, 0.1) is 11.3 Å². The molecular weight excluding hydrogens is 534 g/mol. The second-order valence-electron chi connectivity index (χ2n) is 13.0. The quantitative estimate of drug-likeness (QED) is 0.454. The highest BCUT2D eigenvalue weighted by molar-refractivity contribution is 6.34. The Hall–Kier alpha value is -2.34. The zero-order valence-corrected chi connectivity index (χ0v) is 24.9. The Balaban J connectivity index is 1.16. The van der Waals surface area contributed by atoms with Crippen LogP contribution in [0.4, 0.5) is 0 Å². The summed E-state index contributed by atoms with van der Waals surface area (Å²) in [5.74, 6) is -4.44. The molecule has 41 heavy (non-hydrogen) atoms. The van der Waals surface area contributed by atoms with Crippen LogP contribution in [0.25, 0.3) is 0 Å². The van der Waals surface area contributed by atoms with Crippen LogP contribution >= 0.6 is 0 Å². The van der Waals surface area contributed by atoms with Crippen molar-refractivity contribution in [2.24, 2.45) is 0 Å². The van der Waals surface area contributed by atoms with Crippen LogP contribution in [0.5, 0.6) is 0 Å². The summed E-state index contributed by atoms with van der Waals surface area (Å²) in [4.78, 5) is 43.7. The number of ether oxygens (including phenoxy) is 5. The highest BCUT2D eigenvalue weighted by Gasteiger charge is 2.65. The topological polar surface area (TPSA) is 143 Å². The fourth-order valence-electron chi connectivity index (χ4n) is 6.63. The number of nitriles is 1. The van der Waals surface area contributed by atoms with Crippen LogP contribution in [0.15, 0.2) is 0 Å². The second kappa shape index (κ2) is 10.7. The molecule has 228 valence electrons. The van der Waals surface area contributed by atoms with Gasteiger partial charge in [0.05, 0.1) is 25.8 Å². The summed E-state index contributed by atoms with van der Waals surface area (Å²) < 4.78 is 30.7. The zero-order chi connectivity index (χ0) is 29.8. The molecule has 3 amide bonds. The lowest BCUT2D eigenvalue weighted by atomic mass is 9.89. The van der Waals surface area contributed by atoms with E-state index in [1.165, 1.54) is 4.90 Å². The van der Waals surface area contributed by atoms with Crippen molar-refractivity contribution >= 4 is 17.7 Å². The Morgan fingerprint density at radius 1 is 1.02 bits per heavy atom. The minimum Gasteiger partial charge on any atom is -0.343 e. The SMILES string of the molecule is CN(C[C@@]12OC[C@H]3OC(C)(C)O[C@H]3[C@@H]1OC(C)(C)O2)C(=O)C(=O)N1CCC(C)(NCC(=O)N2CCC[C@H]2C#N)CC1. The van der Waals surface area contributed by atoms with Gasteiger partial charge in [-0.1, -0.05) is 0 Å². The third-order valence-corrected chi connectivity index (χ3v) is 8.80. The molecule has 5 atom stereocenters. The number of carbonyl (C=O) groups excluding carboxylic acids is 3. The number of hydrogen-bond donors (Lipinski definition) is 1. The van der Waals surface area contributed by atoms with Crippen molar-refractivity contribution in [3.05, 3.63) is 0 Å². The highest BCUT2D eigenvalue weighted by atomic mass is 16.9. The molecule has 0 radical (unpaired) electrons. The third-order valence-electron chi connectivity index (χ3n) is 8.80. The van der Waals surface area contributed by atoms with E-state index in [2.05, 4.69) is 11.4 Å². The first-order valence-corrected chi connectivity index (χ1v) is 14.5. The number of hydrogen-bond acceptors (Lipinski definition) is 10. The van der Waals surface area contributed by atoms with Crippen molar-refractivity contribution in [1.82, 2.24) is 20.0 Å². The Bertz CT molecular complexity index is 1100. The molecule has 5 aliphatic rings. The second-order valence-corrected chi connectivity index (χ2v) is 13.0. The van der Waals surface area contributed by atoms with E-state index < -0.39 is 41.4 Å². The molecule has 0 aromatic carbocycles. The van der Waals surface area contributed by atoms with E-state index in [0.29, 0.717) is 38.9 Å². The molecule has 0 aromatic heterocycles. The van der Waals surface area contributed by atoms with Gasteiger partial charge >= 0.3 is 11.8 Å². The lowest BCUT2D eigenvalue weighted by molar-refractivity contribution is -0.284. The number of likely N-dealkylation sites (N-methyl/N-ethyl adjacent to an activating group) is 1. The normalized spacial score (nSPS) is 35.0. The van der Waals surface area contributed by atoms with Crippen LogP contribution in [0.3, 0.4) is 0 Å². The number of fused-ring (bicyclic) bond motifs is 3. The number of amides is 3. The molecule has 0 aliphatic carbocycles. The largest absolute Gasteiger partial charge is 0.343 e. The van der Waals surface area contributed by atoms with Gasteiger partial charge in [0.25, 0.3) is 0 Å². The van der Waals surface area contributed by atoms with Crippen molar-refractivity contribution in [3.63, 3.8) is 0 Å². The summed E-state index contributed by atoms with van der Waals surface area (Å²) in [5, 5.41) is 12.6. The van der Waals surface area contributed by atoms with Gasteiger partial charge in [0.2, 0.25) is 11.7 Å². The van der Waals surface area contributed by atoms with Crippen molar-refractivity contribution in [3.8, 4) is 6.07 Å². The summed E-state index contributed by atoms with van der Waals surface area (Å²) in [6.07, 6.45) is 1.28. The molecule has 0 unspecified atom stereocenters. The van der Waals surface area contributed by atoms with Gasteiger partial charge in [0.15, 0.2) is 11.6 Å². The molecule has 13 heteroatoms. The minimum absolute atomic E-state index is 0.0197. The van der Waals surface area contributed by atoms with Gasteiger partial charge in [-0.2, -0.15) is 5.26 Å². The zero-order valence-electron chi connectivity index (χ0n) is 24.9. The van der Waals surface area contributed by atoms with Crippen molar-refractivity contribution in [1.29, 1.82) is 5.26 Å². The Kier molecular flexibility index (Phi) is 7.89. The van der Waals surface area contributed by atoms with Gasteiger partial charge < -0.3 is 43.7 Å². The fourth-order valence-corrected chi connectivity index (χ4v) is 6.63. The molecule has 5 fully saturated rings. The van der Waals surface area contributed by atoms with Crippen molar-refractivity contribution in [2.75, 3.05) is 46.4 Å². The van der Waals surface area contributed by atoms with E-state index in [1.54, 1.807) is 30.7 Å². The van der Waals surface area contributed by atoms with Crippen LogP contribution in [-0.4, -0.2) is 126 Å². The molecule has 0 bridgehead atoms. The van der Waals surface area contributed by atoms with Gasteiger partial charge in [-0.3, -0.25) is 14.4 Å². The van der Waals surface area contributed by atoms with E-state index in [9.17, 15) is 19.6 Å². The lowest BCUT2D eigenvalue weighted by Gasteiger charge is -2.43. The number of likely N-dealkylation sites (tertiary alicyclic amines) is 2. The molecule has 1 N–H and O–H groups in total. The molecule has 5 heterocycles. The average Bonchev–Trinajstić information content (AvgIpc) is 3.58. The predicted molar refractivity (Wildman–Crippen MR) is 143 cm³/mol. The van der Waals surface area contributed by atoms with Crippen molar-refractivity contribution in [2.45, 2.75) is 108 Å². The number of piperidine rings is 1. The lowest BCUT2D eigenvalue weighted by Crippen LogP contribution is -2.63. The van der Waals surface area contributed by atoms with Gasteiger partial charge in [0.1, 0.15) is 24.4 Å². The molecule has 0 spiro atoms. The Labute approximate surface area is 241 Å². The molecule has 0 aromatic rings. The first kappa shape index (κ1) is 30.1. The summed E-state index contributed by atoms with van der Waals surface area (Å²) in [5.41, 5.74) is -0.361. The summed E-state index contributed by atoms with van der Waals surface area (Å²) in [6.45, 7) is 10.9. The molecule has 13 nitrogen and oxygen atoms in total. The van der Waals surface area contributed by atoms with E-state index in [4.69, 9.17) is 23.7 Å². The van der Waals surface area contributed by atoms with E-state index in [-0.39, 0.29) is 43.3 Å². The molecule has 5 aliphatic heterocycles. The first-order valence-electron chi connectivity index (χ1n) is 14.5. The molecule has 5 saturated heterocycles. The van der Waals surface area contributed by atoms with Gasteiger partial charge in [-0.25, -0.2) is 0 Å². The molecule has 0 saturated carbocycles. The van der Waals surface area contributed by atoms with Crippen LogP contribution < -0.4 is 5.32 Å². The fraction of sp³-hybridized carbons (Fsp3) is 0.857. The molecular formula is C28H43N5O8. The van der Waals surface area contributed by atoms with Gasteiger partial charge in [-0.05, 0) is 60.3 Å². The average molecular weight is 578 g/mol. The third kappa shape index (κ3) is 5.96. The molecule has 5 rings (SSSR count). The number of nitrogens with one attached hydrogen (secondary N) is 1. The highest BCUT2D eigenvalue weighted by Crippen LogP contribution is 2.47.